The molecule has 0 aliphatic heterocycles. The average molecular weight is 197 g/mol. The maximum absolute atomic E-state index is 11.9. The van der Waals surface area contributed by atoms with Crippen molar-refractivity contribution in [3.63, 3.8) is 0 Å². The SMILES string of the molecule is FC(F)(F)c1nccc(CCl)n1. The first-order valence-electron chi connectivity index (χ1n) is 2.99. The van der Waals surface area contributed by atoms with Crippen molar-refractivity contribution in [2.24, 2.45) is 0 Å². The molecule has 0 spiro atoms. The van der Waals surface area contributed by atoms with Gasteiger partial charge in [0.15, 0.2) is 0 Å². The molecule has 66 valence electrons. The molecular weight excluding hydrogens is 193 g/mol. The highest BCUT2D eigenvalue weighted by atomic mass is 35.5. The molecule has 0 radical (unpaired) electrons. The van der Waals surface area contributed by atoms with E-state index >= 15 is 0 Å². The largest absolute Gasteiger partial charge is 0.451 e. The lowest BCUT2D eigenvalue weighted by molar-refractivity contribution is -0.145. The fraction of sp³-hybridized carbons (Fsp3) is 0.333. The minimum atomic E-state index is -4.50. The van der Waals surface area contributed by atoms with E-state index in [1.807, 2.05) is 0 Å². The molecule has 0 amide bonds. The number of rotatable bonds is 1. The molecule has 0 aromatic carbocycles. The molecule has 1 aromatic heterocycles. The van der Waals surface area contributed by atoms with Crippen molar-refractivity contribution in [3.05, 3.63) is 23.8 Å². The van der Waals surface area contributed by atoms with E-state index in [2.05, 4.69) is 9.97 Å². The molecule has 0 bridgehead atoms. The molecule has 0 saturated carbocycles. The monoisotopic (exact) mass is 196 g/mol. The second-order valence-electron chi connectivity index (χ2n) is 2.00. The topological polar surface area (TPSA) is 25.8 Å². The van der Waals surface area contributed by atoms with Crippen LogP contribution in [0.3, 0.4) is 0 Å². The van der Waals surface area contributed by atoms with Gasteiger partial charge in [0.05, 0.1) is 11.6 Å². The van der Waals surface area contributed by atoms with E-state index in [0.717, 1.165) is 6.20 Å². The third-order valence-electron chi connectivity index (χ3n) is 1.10. The van der Waals surface area contributed by atoms with Gasteiger partial charge in [-0.05, 0) is 6.07 Å². The van der Waals surface area contributed by atoms with Gasteiger partial charge in [-0.25, -0.2) is 9.97 Å². The molecule has 1 heterocycles. The molecule has 0 fully saturated rings. The standard InChI is InChI=1S/C6H4ClF3N2/c7-3-4-1-2-11-5(12-4)6(8,9)10/h1-2H,3H2. The highest BCUT2D eigenvalue weighted by molar-refractivity contribution is 6.16. The first kappa shape index (κ1) is 9.25. The van der Waals surface area contributed by atoms with E-state index in [0.29, 0.717) is 0 Å². The number of hydrogen-bond donors (Lipinski definition) is 0. The third-order valence-corrected chi connectivity index (χ3v) is 1.38. The minimum Gasteiger partial charge on any atom is -0.233 e. The average Bonchev–Trinajstić information content (AvgIpc) is 2.03. The Hall–Kier alpha value is -0.840. The van der Waals surface area contributed by atoms with Crippen LogP contribution in [0.2, 0.25) is 0 Å². The number of aromatic nitrogens is 2. The van der Waals surface area contributed by atoms with Crippen LogP contribution in [0.4, 0.5) is 13.2 Å². The van der Waals surface area contributed by atoms with Crippen molar-refractivity contribution in [2.75, 3.05) is 0 Å². The van der Waals surface area contributed by atoms with Gasteiger partial charge in [-0.1, -0.05) is 0 Å². The maximum Gasteiger partial charge on any atom is 0.451 e. The Morgan fingerprint density at radius 1 is 1.42 bits per heavy atom. The zero-order valence-electron chi connectivity index (χ0n) is 5.77. The van der Waals surface area contributed by atoms with Crippen molar-refractivity contribution < 1.29 is 13.2 Å². The van der Waals surface area contributed by atoms with Crippen molar-refractivity contribution in [3.8, 4) is 0 Å². The Labute approximate surface area is 71.4 Å². The Balaban J connectivity index is 3.02. The number of alkyl halides is 4. The summed E-state index contributed by atoms with van der Waals surface area (Å²) in [7, 11) is 0. The summed E-state index contributed by atoms with van der Waals surface area (Å²) in [5, 5.41) is 0. The highest BCUT2D eigenvalue weighted by Gasteiger charge is 2.34. The molecule has 0 atom stereocenters. The van der Waals surface area contributed by atoms with Gasteiger partial charge in [-0.2, -0.15) is 13.2 Å². The summed E-state index contributed by atoms with van der Waals surface area (Å²) < 4.78 is 35.8. The van der Waals surface area contributed by atoms with Gasteiger partial charge in [-0.3, -0.25) is 0 Å². The molecule has 1 rings (SSSR count). The molecule has 0 N–H and O–H groups in total. The van der Waals surface area contributed by atoms with Crippen molar-refractivity contribution in [2.45, 2.75) is 12.1 Å². The summed E-state index contributed by atoms with van der Waals surface area (Å²) in [6.45, 7) is 0. The fourth-order valence-electron chi connectivity index (χ4n) is 0.607. The van der Waals surface area contributed by atoms with Crippen LogP contribution in [-0.2, 0) is 12.1 Å². The van der Waals surface area contributed by atoms with Crippen molar-refractivity contribution in [1.29, 1.82) is 0 Å². The summed E-state index contributed by atoms with van der Waals surface area (Å²) in [6.07, 6.45) is -3.46. The molecule has 0 aliphatic rings. The minimum absolute atomic E-state index is 0.0500. The van der Waals surface area contributed by atoms with E-state index in [1.54, 1.807) is 0 Å². The summed E-state index contributed by atoms with van der Waals surface area (Å²) in [5.41, 5.74) is 0.166. The quantitative estimate of drug-likeness (QED) is 0.644. The van der Waals surface area contributed by atoms with E-state index in [1.165, 1.54) is 6.07 Å². The van der Waals surface area contributed by atoms with E-state index in [4.69, 9.17) is 11.6 Å². The van der Waals surface area contributed by atoms with Crippen LogP contribution in [0.5, 0.6) is 0 Å². The Morgan fingerprint density at radius 3 is 2.58 bits per heavy atom. The van der Waals surface area contributed by atoms with Crippen LogP contribution in [0.15, 0.2) is 12.3 Å². The number of halogens is 4. The van der Waals surface area contributed by atoms with E-state index < -0.39 is 12.0 Å². The molecule has 2 nitrogen and oxygen atoms in total. The second kappa shape index (κ2) is 3.26. The molecule has 0 unspecified atom stereocenters. The van der Waals surface area contributed by atoms with Gasteiger partial charge in [0, 0.05) is 6.20 Å². The zero-order valence-corrected chi connectivity index (χ0v) is 6.52. The Morgan fingerprint density at radius 2 is 2.08 bits per heavy atom. The summed E-state index contributed by atoms with van der Waals surface area (Å²) in [4.78, 5) is 6.26. The first-order valence-corrected chi connectivity index (χ1v) is 3.52. The number of nitrogens with zero attached hydrogens (tertiary/aromatic N) is 2. The van der Waals surface area contributed by atoms with Crippen LogP contribution in [-0.4, -0.2) is 9.97 Å². The van der Waals surface area contributed by atoms with Gasteiger partial charge < -0.3 is 0 Å². The smallest absolute Gasteiger partial charge is 0.233 e. The molecule has 1 aromatic rings. The summed E-state index contributed by atoms with van der Waals surface area (Å²) in [5.74, 6) is -1.20. The van der Waals surface area contributed by atoms with Crippen LogP contribution in [0, 0.1) is 0 Å². The van der Waals surface area contributed by atoms with E-state index in [-0.39, 0.29) is 11.6 Å². The van der Waals surface area contributed by atoms with Crippen LogP contribution >= 0.6 is 11.6 Å². The Bertz CT molecular complexity index is 274. The predicted molar refractivity (Wildman–Crippen MR) is 36.6 cm³/mol. The maximum atomic E-state index is 11.9. The molecule has 0 saturated heterocycles. The van der Waals surface area contributed by atoms with E-state index in [9.17, 15) is 13.2 Å². The van der Waals surface area contributed by atoms with Crippen LogP contribution in [0.25, 0.3) is 0 Å². The first-order chi connectivity index (χ1) is 5.54. The van der Waals surface area contributed by atoms with Crippen LogP contribution < -0.4 is 0 Å². The predicted octanol–water partition coefficient (Wildman–Crippen LogP) is 2.23. The summed E-state index contributed by atoms with van der Waals surface area (Å²) >= 11 is 5.29. The molecule has 0 aliphatic carbocycles. The van der Waals surface area contributed by atoms with Crippen LogP contribution in [0.1, 0.15) is 11.5 Å². The van der Waals surface area contributed by atoms with Crippen molar-refractivity contribution in [1.82, 2.24) is 9.97 Å². The number of hydrogen-bond acceptors (Lipinski definition) is 2. The van der Waals surface area contributed by atoms with Gasteiger partial charge in [-0.15, -0.1) is 11.6 Å². The summed E-state index contributed by atoms with van der Waals surface area (Å²) in [6, 6.07) is 1.34. The Kier molecular flexibility index (Phi) is 2.52. The fourth-order valence-corrected chi connectivity index (χ4v) is 0.756. The molecule has 6 heteroatoms. The van der Waals surface area contributed by atoms with Gasteiger partial charge in [0.25, 0.3) is 0 Å². The normalized spacial score (nSPS) is 11.7. The van der Waals surface area contributed by atoms with Gasteiger partial charge in [0.1, 0.15) is 0 Å². The zero-order chi connectivity index (χ0) is 9.19. The second-order valence-corrected chi connectivity index (χ2v) is 2.27. The lowest BCUT2D eigenvalue weighted by Crippen LogP contribution is -2.11. The molecular formula is C6H4ClF3N2. The lowest BCUT2D eigenvalue weighted by atomic mass is 10.4. The molecule has 12 heavy (non-hydrogen) atoms. The van der Waals surface area contributed by atoms with Gasteiger partial charge in [0.2, 0.25) is 5.82 Å². The lowest BCUT2D eigenvalue weighted by Gasteiger charge is -2.04. The van der Waals surface area contributed by atoms with Gasteiger partial charge >= 0.3 is 6.18 Å². The van der Waals surface area contributed by atoms with Crippen molar-refractivity contribution >= 4 is 11.6 Å². The third kappa shape index (κ3) is 2.07. The highest BCUT2D eigenvalue weighted by Crippen LogP contribution is 2.25.